The van der Waals surface area contributed by atoms with Gasteiger partial charge in [0.1, 0.15) is 0 Å². The second-order valence-electron chi connectivity index (χ2n) is 5.94. The van der Waals surface area contributed by atoms with Gasteiger partial charge in [0.2, 0.25) is 0 Å². The molecule has 0 bridgehead atoms. The number of nitrogens with one attached hydrogen (secondary N) is 2. The van der Waals surface area contributed by atoms with Gasteiger partial charge in [-0.1, -0.05) is 26.0 Å². The number of aliphatic hydroxyl groups excluding tert-OH is 1. The Bertz CT molecular complexity index is 638. The van der Waals surface area contributed by atoms with Gasteiger partial charge in [-0.05, 0) is 31.4 Å². The highest BCUT2D eigenvalue weighted by Crippen LogP contribution is 2.23. The molecule has 0 spiro atoms. The summed E-state index contributed by atoms with van der Waals surface area (Å²) in [6, 6.07) is 7.03. The Morgan fingerprint density at radius 1 is 1.30 bits per heavy atom. The number of aromatic nitrogens is 1. The Morgan fingerprint density at radius 2 is 2.00 bits per heavy atom. The summed E-state index contributed by atoms with van der Waals surface area (Å²) in [5, 5.41) is 17.9. The van der Waals surface area contributed by atoms with E-state index in [0.717, 1.165) is 22.7 Å². The maximum absolute atomic E-state index is 12.0. The summed E-state index contributed by atoms with van der Waals surface area (Å²) in [5.41, 5.74) is 2.67. The van der Waals surface area contributed by atoms with Crippen molar-refractivity contribution in [1.29, 1.82) is 0 Å². The van der Waals surface area contributed by atoms with Crippen LogP contribution < -0.4 is 10.6 Å². The van der Waals surface area contributed by atoms with E-state index >= 15 is 0 Å². The van der Waals surface area contributed by atoms with Crippen LogP contribution in [0, 0.1) is 12.8 Å². The van der Waals surface area contributed by atoms with Crippen molar-refractivity contribution < 1.29 is 9.90 Å². The van der Waals surface area contributed by atoms with Crippen molar-refractivity contribution in [2.45, 2.75) is 33.2 Å². The molecule has 0 saturated heterocycles. The van der Waals surface area contributed by atoms with Gasteiger partial charge in [0.05, 0.1) is 23.4 Å². The van der Waals surface area contributed by atoms with Crippen molar-refractivity contribution in [3.63, 3.8) is 0 Å². The summed E-state index contributed by atoms with van der Waals surface area (Å²) in [4.78, 5) is 16.4. The Labute approximate surface area is 140 Å². The number of aliphatic hydroxyl groups is 1. The van der Waals surface area contributed by atoms with E-state index in [2.05, 4.69) is 29.5 Å². The fraction of sp³-hybridized carbons (Fsp3) is 0.412. The van der Waals surface area contributed by atoms with Gasteiger partial charge in [0, 0.05) is 16.6 Å². The molecule has 1 atom stereocenters. The number of hydrogen-bond acceptors (Lipinski definition) is 4. The quantitative estimate of drug-likeness (QED) is 0.755. The van der Waals surface area contributed by atoms with Gasteiger partial charge in [0.15, 0.2) is 0 Å². The lowest BCUT2D eigenvalue weighted by molar-refractivity contribution is 0.214. The molecule has 0 saturated carbocycles. The minimum Gasteiger partial charge on any atom is -0.394 e. The zero-order chi connectivity index (χ0) is 16.8. The normalized spacial score (nSPS) is 12.2. The van der Waals surface area contributed by atoms with E-state index in [1.807, 2.05) is 36.6 Å². The highest BCUT2D eigenvalue weighted by atomic mass is 32.1. The Kier molecular flexibility index (Phi) is 6.12. The predicted octanol–water partition coefficient (Wildman–Crippen LogP) is 3.65. The summed E-state index contributed by atoms with van der Waals surface area (Å²) in [7, 11) is 0. The molecule has 1 unspecified atom stereocenters. The molecule has 5 nitrogen and oxygen atoms in total. The average molecular weight is 333 g/mol. The summed E-state index contributed by atoms with van der Waals surface area (Å²) >= 11 is 1.61. The Hall–Kier alpha value is -1.92. The van der Waals surface area contributed by atoms with Gasteiger partial charge in [0.25, 0.3) is 0 Å². The van der Waals surface area contributed by atoms with Crippen LogP contribution in [0.2, 0.25) is 0 Å². The van der Waals surface area contributed by atoms with Gasteiger partial charge in [-0.3, -0.25) is 0 Å². The van der Waals surface area contributed by atoms with Crippen LogP contribution in [0.25, 0.3) is 11.3 Å². The van der Waals surface area contributed by atoms with Crippen LogP contribution in [-0.4, -0.2) is 28.8 Å². The molecule has 6 heteroatoms. The van der Waals surface area contributed by atoms with Gasteiger partial charge < -0.3 is 15.7 Å². The summed E-state index contributed by atoms with van der Waals surface area (Å²) in [6.07, 6.45) is 0.742. The van der Waals surface area contributed by atoms with Crippen LogP contribution in [-0.2, 0) is 0 Å². The summed E-state index contributed by atoms with van der Waals surface area (Å²) < 4.78 is 0. The number of aryl methyl sites for hydroxylation is 1. The van der Waals surface area contributed by atoms with E-state index < -0.39 is 0 Å². The maximum Gasteiger partial charge on any atom is 0.319 e. The first-order valence-electron chi connectivity index (χ1n) is 7.69. The molecular formula is C17H23N3O2S. The molecule has 0 aliphatic carbocycles. The van der Waals surface area contributed by atoms with E-state index in [9.17, 15) is 9.90 Å². The number of carbonyl (C=O) groups excluding carboxylic acids is 1. The van der Waals surface area contributed by atoms with Crippen LogP contribution >= 0.6 is 11.3 Å². The molecule has 23 heavy (non-hydrogen) atoms. The molecule has 2 aromatic rings. The number of rotatable bonds is 6. The van der Waals surface area contributed by atoms with Crippen molar-refractivity contribution in [3.05, 3.63) is 34.7 Å². The van der Waals surface area contributed by atoms with Crippen LogP contribution in [0.5, 0.6) is 0 Å². The van der Waals surface area contributed by atoms with Gasteiger partial charge in [-0.25, -0.2) is 9.78 Å². The molecule has 1 aromatic carbocycles. The average Bonchev–Trinajstić information content (AvgIpc) is 2.93. The number of carbonyl (C=O) groups is 1. The van der Waals surface area contributed by atoms with Crippen LogP contribution in [0.3, 0.4) is 0 Å². The van der Waals surface area contributed by atoms with Gasteiger partial charge in [-0.2, -0.15) is 0 Å². The predicted molar refractivity (Wildman–Crippen MR) is 94.8 cm³/mol. The number of thiazole rings is 1. The minimum atomic E-state index is -0.304. The van der Waals surface area contributed by atoms with Crippen molar-refractivity contribution in [2.75, 3.05) is 11.9 Å². The molecular weight excluding hydrogens is 310 g/mol. The molecule has 0 aliphatic heterocycles. The monoisotopic (exact) mass is 333 g/mol. The van der Waals surface area contributed by atoms with Crippen molar-refractivity contribution in [1.82, 2.24) is 10.3 Å². The lowest BCUT2D eigenvalue weighted by Crippen LogP contribution is -2.40. The number of benzene rings is 1. The third-order valence-corrected chi connectivity index (χ3v) is 4.14. The molecule has 3 N–H and O–H groups in total. The van der Waals surface area contributed by atoms with Crippen LogP contribution in [0.4, 0.5) is 10.5 Å². The van der Waals surface area contributed by atoms with Crippen molar-refractivity contribution >= 4 is 23.1 Å². The van der Waals surface area contributed by atoms with E-state index in [4.69, 9.17) is 0 Å². The van der Waals surface area contributed by atoms with Crippen molar-refractivity contribution in [3.8, 4) is 11.3 Å². The van der Waals surface area contributed by atoms with Crippen molar-refractivity contribution in [2.24, 2.45) is 5.92 Å². The second-order valence-corrected chi connectivity index (χ2v) is 7.00. The third kappa shape index (κ3) is 5.33. The fourth-order valence-electron chi connectivity index (χ4n) is 2.32. The number of amides is 2. The van der Waals surface area contributed by atoms with E-state index in [1.54, 1.807) is 11.3 Å². The molecule has 124 valence electrons. The lowest BCUT2D eigenvalue weighted by atomic mass is 10.0. The van der Waals surface area contributed by atoms with Gasteiger partial charge >= 0.3 is 6.03 Å². The van der Waals surface area contributed by atoms with Gasteiger partial charge in [-0.15, -0.1) is 11.3 Å². The maximum atomic E-state index is 12.0. The fourth-order valence-corrected chi connectivity index (χ4v) is 2.94. The first kappa shape index (κ1) is 17.4. The first-order valence-corrected chi connectivity index (χ1v) is 8.57. The van der Waals surface area contributed by atoms with Crippen LogP contribution in [0.15, 0.2) is 29.6 Å². The zero-order valence-corrected chi connectivity index (χ0v) is 14.5. The highest BCUT2D eigenvalue weighted by Gasteiger charge is 2.13. The molecule has 1 aromatic heterocycles. The van der Waals surface area contributed by atoms with E-state index in [1.165, 1.54) is 0 Å². The smallest absolute Gasteiger partial charge is 0.319 e. The largest absolute Gasteiger partial charge is 0.394 e. The topological polar surface area (TPSA) is 74.2 Å². The molecule has 0 fully saturated rings. The third-order valence-electron chi connectivity index (χ3n) is 3.37. The molecule has 2 rings (SSSR count). The molecule has 1 heterocycles. The first-order chi connectivity index (χ1) is 11.0. The second kappa shape index (κ2) is 8.08. The number of anilines is 1. The van der Waals surface area contributed by atoms with E-state index in [-0.39, 0.29) is 18.7 Å². The van der Waals surface area contributed by atoms with Crippen LogP contribution in [0.1, 0.15) is 25.3 Å². The summed E-state index contributed by atoms with van der Waals surface area (Å²) in [5.74, 6) is 0.410. The highest BCUT2D eigenvalue weighted by molar-refractivity contribution is 7.09. The Morgan fingerprint density at radius 3 is 2.52 bits per heavy atom. The summed E-state index contributed by atoms with van der Waals surface area (Å²) in [6.45, 7) is 6.03. The SMILES string of the molecule is Cc1nc(-c2ccc(NC(=O)NC(CO)CC(C)C)cc2)cs1. The minimum absolute atomic E-state index is 0.0618. The standard InChI is InChI=1S/C17H23N3O2S/c1-11(2)8-15(9-21)20-17(22)19-14-6-4-13(5-7-14)16-10-23-12(3)18-16/h4-7,10-11,15,21H,8-9H2,1-3H3,(H2,19,20,22). The Balaban J connectivity index is 1.93. The zero-order valence-electron chi connectivity index (χ0n) is 13.7. The number of hydrogen-bond donors (Lipinski definition) is 3. The molecule has 2 amide bonds. The molecule has 0 aliphatic rings. The number of nitrogens with zero attached hydrogens (tertiary/aromatic N) is 1. The van der Waals surface area contributed by atoms with E-state index in [0.29, 0.717) is 11.6 Å². The lowest BCUT2D eigenvalue weighted by Gasteiger charge is -2.18. The molecule has 0 radical (unpaired) electrons. The number of urea groups is 1.